The second-order valence-corrected chi connectivity index (χ2v) is 24.1. The number of nitrogens with two attached hydrogens (primary N) is 4. The van der Waals surface area contributed by atoms with E-state index in [9.17, 15) is 53.7 Å². The van der Waals surface area contributed by atoms with E-state index in [2.05, 4.69) is 67.5 Å². The number of guanidine groups is 1. The van der Waals surface area contributed by atoms with E-state index in [0.717, 1.165) is 6.42 Å². The minimum Gasteiger partial charge on any atom is -0.508 e. The number of benzene rings is 2. The van der Waals surface area contributed by atoms with Crippen molar-refractivity contribution < 1.29 is 68.1 Å². The number of likely N-dealkylation sites (tertiary alicyclic amines) is 2. The van der Waals surface area contributed by atoms with Gasteiger partial charge in [-0.1, -0.05) is 88.9 Å². The van der Waals surface area contributed by atoms with Gasteiger partial charge in [0.15, 0.2) is 5.96 Å². The highest BCUT2D eigenvalue weighted by Crippen LogP contribution is 2.41. The average molecular weight is 1300 g/mol. The number of aliphatic hydroxyl groups is 1. The maximum Gasteiger partial charge on any atom is 0.327 e. The zero-order chi connectivity index (χ0) is 66.4. The van der Waals surface area contributed by atoms with Gasteiger partial charge in [-0.15, -0.1) is 0 Å². The third-order valence-electron chi connectivity index (χ3n) is 16.6. The largest absolute Gasteiger partial charge is 0.508 e. The van der Waals surface area contributed by atoms with Gasteiger partial charge in [0.25, 0.3) is 0 Å². The molecular formula is C60H90N14O14S2. The Morgan fingerprint density at radius 3 is 1.81 bits per heavy atom. The molecule has 30 heteroatoms. The quantitative estimate of drug-likeness (QED) is 0.0158. The van der Waals surface area contributed by atoms with Gasteiger partial charge in [0.05, 0.1) is 12.1 Å². The summed E-state index contributed by atoms with van der Waals surface area (Å²) in [5.74, 6) is -10.5. The number of β-amino-alcohol motifs (C(OH)–C–C–N with tert-alkyl or cyclic N) is 1. The van der Waals surface area contributed by atoms with E-state index >= 15 is 14.4 Å². The molecule has 14 atom stereocenters. The van der Waals surface area contributed by atoms with E-state index < -0.39 is 150 Å². The van der Waals surface area contributed by atoms with Crippen LogP contribution >= 0.6 is 25.3 Å². The second-order valence-electron chi connectivity index (χ2n) is 23.4. The number of nitrogens with one attached hydrogen (secondary N) is 7. The molecule has 2 aromatic carbocycles. The summed E-state index contributed by atoms with van der Waals surface area (Å²) < 4.78 is 0. The van der Waals surface area contributed by atoms with Gasteiger partial charge in [-0.25, -0.2) is 4.79 Å². The second kappa shape index (κ2) is 35.6. The lowest BCUT2D eigenvalue weighted by atomic mass is 9.84. The van der Waals surface area contributed by atoms with E-state index in [4.69, 9.17) is 22.9 Å². The number of hydrogen-bond acceptors (Lipinski definition) is 17. The number of primary amides is 1. The Labute approximate surface area is 534 Å². The van der Waals surface area contributed by atoms with Crippen LogP contribution in [0.3, 0.4) is 0 Å². The number of nitrogens with zero attached hydrogens (tertiary/aromatic N) is 3. The molecular weight excluding hydrogens is 1200 g/mol. The molecule has 0 radical (unpaired) electrons. The summed E-state index contributed by atoms with van der Waals surface area (Å²) in [6.45, 7) is 5.03. The number of aromatic hydroxyl groups is 1. The standard InChI is InChI=1S/C60H90N14O14S2/c1-4-12-39(51(79)71-44(31-90)59(87)88)68-56(84)49(32(3)5-2)72-55(83)46-28-37(76)29-73(46)58(86)47-27-35-15-9-10-17-45(35)74(47)57(85)43(26-33-13-7-6-8-14-33)70-54(82)42(25-34-18-20-36(75)21-19-34)69-53(81)41(22-23-48(62)77)67-52(80)40(16-11-24-65-60(63)64)66-50(78)38(61)30-89/h6-8,13-14,18-21,32,35,37-47,49,75-76,89-90H,4-5,9-12,15-17,22-31,61H2,1-3H3,(H2,62,77)(H,66,78)(H,67,80)(H,68,84)(H,69,81)(H,70,82)(H,71,79)(H,72,83)(H,87,88)(H4,63,64,65)/t32-,35?,37+,38-,39-,40-,41-,42-,43-,44-,45?,46-,47-,49-/m0/s1. The summed E-state index contributed by atoms with van der Waals surface area (Å²) in [5.41, 5.74) is 23.4. The summed E-state index contributed by atoms with van der Waals surface area (Å²) in [6, 6.07) is 0.727. The number of carboxylic acids is 1. The van der Waals surface area contributed by atoms with Crippen LogP contribution in [0.25, 0.3) is 0 Å². The highest BCUT2D eigenvalue weighted by molar-refractivity contribution is 7.80. The molecule has 3 aliphatic rings. The number of hydrogen-bond donors (Lipinski definition) is 16. The molecule has 0 bridgehead atoms. The highest BCUT2D eigenvalue weighted by Gasteiger charge is 2.53. The number of carboxylic acid groups (broad SMARTS) is 1. The van der Waals surface area contributed by atoms with Crippen molar-refractivity contribution in [2.75, 3.05) is 24.6 Å². The molecule has 5 rings (SSSR count). The number of thiol groups is 2. The van der Waals surface area contributed by atoms with Crippen LogP contribution < -0.4 is 60.2 Å². The topological polar surface area (TPSA) is 456 Å². The zero-order valence-corrected chi connectivity index (χ0v) is 52.9. The van der Waals surface area contributed by atoms with Gasteiger partial charge in [0.1, 0.15) is 60.1 Å². The number of carbonyl (C=O) groups is 11. The van der Waals surface area contributed by atoms with Crippen molar-refractivity contribution in [3.05, 3.63) is 65.7 Å². The van der Waals surface area contributed by atoms with Crippen molar-refractivity contribution in [2.45, 2.75) is 190 Å². The summed E-state index contributed by atoms with van der Waals surface area (Å²) in [5, 5.41) is 49.5. The summed E-state index contributed by atoms with van der Waals surface area (Å²) >= 11 is 8.10. The first-order valence-electron chi connectivity index (χ1n) is 30.6. The van der Waals surface area contributed by atoms with Crippen molar-refractivity contribution in [1.29, 1.82) is 0 Å². The number of aliphatic imine (C=N–C) groups is 1. The first-order chi connectivity index (χ1) is 42.8. The molecule has 2 aromatic rings. The molecule has 1 aliphatic carbocycles. The number of fused-ring (bicyclic) bond motifs is 1. The first-order valence-corrected chi connectivity index (χ1v) is 31.9. The van der Waals surface area contributed by atoms with Crippen molar-refractivity contribution >= 4 is 96.3 Å². The molecule has 0 aromatic heterocycles. The summed E-state index contributed by atoms with van der Waals surface area (Å²) in [4.78, 5) is 160. The first kappa shape index (κ1) is 73.0. The Morgan fingerprint density at radius 1 is 0.656 bits per heavy atom. The van der Waals surface area contributed by atoms with Crippen LogP contribution in [0.15, 0.2) is 59.6 Å². The van der Waals surface area contributed by atoms with Crippen LogP contribution in [0.1, 0.15) is 115 Å². The molecule has 0 spiro atoms. The smallest absolute Gasteiger partial charge is 0.327 e. The molecule has 2 unspecified atom stereocenters. The van der Waals surface area contributed by atoms with E-state index in [-0.39, 0.29) is 93.6 Å². The van der Waals surface area contributed by atoms with Crippen LogP contribution in [0.4, 0.5) is 0 Å². The van der Waals surface area contributed by atoms with Crippen LogP contribution in [0.2, 0.25) is 0 Å². The Hall–Kier alpha value is -7.70. The summed E-state index contributed by atoms with van der Waals surface area (Å²) in [7, 11) is 0. The molecule has 2 heterocycles. The highest BCUT2D eigenvalue weighted by atomic mass is 32.1. The molecule has 2 saturated heterocycles. The number of amides is 10. The molecule has 90 heavy (non-hydrogen) atoms. The maximum absolute atomic E-state index is 15.8. The van der Waals surface area contributed by atoms with Gasteiger partial charge in [0.2, 0.25) is 59.1 Å². The fourth-order valence-electron chi connectivity index (χ4n) is 11.5. The molecule has 2 aliphatic heterocycles. The van der Waals surface area contributed by atoms with Gasteiger partial charge in [-0.2, -0.15) is 25.3 Å². The predicted molar refractivity (Wildman–Crippen MR) is 339 cm³/mol. The molecule has 18 N–H and O–H groups in total. The molecule has 10 amide bonds. The number of aliphatic hydroxyl groups excluding tert-OH is 1. The SMILES string of the molecule is CCC[C@H](NC(=O)[C@@H](NC(=O)[C@@H]1C[C@@H](O)CN1C(=O)[C@@H]1CC2CCCCC2N1C(=O)[C@H](Cc1ccccc1)NC(=O)[C@H](Cc1ccc(O)cc1)NC(=O)[C@H](CCC(N)=O)NC(=O)[C@H](CCCN=C(N)N)NC(=O)[C@@H](N)CS)[C@@H](C)CC)C(=O)N[C@@H](CS)C(=O)O. The Morgan fingerprint density at radius 2 is 1.21 bits per heavy atom. The molecule has 28 nitrogen and oxygen atoms in total. The maximum atomic E-state index is 15.8. The Kier molecular flexibility index (Phi) is 28.9. The van der Waals surface area contributed by atoms with E-state index in [1.165, 1.54) is 34.1 Å². The number of phenols is 1. The average Bonchev–Trinajstić information content (AvgIpc) is 1.68. The zero-order valence-electron chi connectivity index (χ0n) is 51.1. The number of carbonyl (C=O) groups excluding carboxylic acids is 10. The Balaban J connectivity index is 1.48. The molecule has 3 fully saturated rings. The van der Waals surface area contributed by atoms with Gasteiger partial charge >= 0.3 is 5.97 Å². The molecule has 1 saturated carbocycles. The monoisotopic (exact) mass is 1290 g/mol. The van der Waals surface area contributed by atoms with E-state index in [1.807, 2.05) is 0 Å². The number of rotatable bonds is 34. The summed E-state index contributed by atoms with van der Waals surface area (Å²) in [6.07, 6.45) is 1.32. The molecule has 496 valence electrons. The van der Waals surface area contributed by atoms with Crippen molar-refractivity contribution in [2.24, 2.45) is 39.8 Å². The van der Waals surface area contributed by atoms with E-state index in [0.29, 0.717) is 43.2 Å². The number of phenolic OH excluding ortho intramolecular Hbond substituents is 1. The van der Waals surface area contributed by atoms with Crippen LogP contribution in [0.5, 0.6) is 5.75 Å². The number of aliphatic carboxylic acids is 1. The lowest BCUT2D eigenvalue weighted by Crippen LogP contribution is -2.62. The normalized spacial score (nSPS) is 20.8. The van der Waals surface area contributed by atoms with Crippen LogP contribution in [0, 0.1) is 11.8 Å². The van der Waals surface area contributed by atoms with Crippen LogP contribution in [-0.2, 0) is 65.6 Å². The van der Waals surface area contributed by atoms with Crippen LogP contribution in [-0.4, -0.2) is 193 Å². The predicted octanol–water partition coefficient (Wildman–Crippen LogP) is -1.87. The van der Waals surface area contributed by atoms with Gasteiger partial charge in [-0.05, 0) is 80.0 Å². The van der Waals surface area contributed by atoms with Crippen molar-refractivity contribution in [1.82, 2.24) is 47.0 Å². The minimum absolute atomic E-state index is 0.0396. The van der Waals surface area contributed by atoms with Gasteiger partial charge in [0, 0.05) is 56.3 Å². The lowest BCUT2D eigenvalue weighted by Gasteiger charge is -2.38. The third-order valence-corrected chi connectivity index (χ3v) is 17.4. The Bertz CT molecular complexity index is 2850. The fourth-order valence-corrected chi connectivity index (χ4v) is 11.9. The lowest BCUT2D eigenvalue weighted by molar-refractivity contribution is -0.150. The van der Waals surface area contributed by atoms with E-state index in [1.54, 1.807) is 51.1 Å². The fraction of sp³-hybridized carbons (Fsp3) is 0.600. The van der Waals surface area contributed by atoms with Gasteiger partial charge in [-0.3, -0.25) is 52.9 Å². The van der Waals surface area contributed by atoms with Crippen molar-refractivity contribution in [3.63, 3.8) is 0 Å². The van der Waals surface area contributed by atoms with Gasteiger partial charge < -0.3 is 85.3 Å². The minimum atomic E-state index is -1.56. The van der Waals surface area contributed by atoms with Crippen molar-refractivity contribution in [3.8, 4) is 5.75 Å². The third kappa shape index (κ3) is 21.2.